The Labute approximate surface area is 124 Å². The fourth-order valence-electron chi connectivity index (χ4n) is 2.32. The topological polar surface area (TPSA) is 34.1 Å². The normalized spacial score (nSPS) is 10.6. The molecule has 0 saturated heterocycles. The lowest BCUT2D eigenvalue weighted by Crippen LogP contribution is -2.01. The van der Waals surface area contributed by atoms with Gasteiger partial charge in [-0.1, -0.05) is 29.8 Å². The molecule has 3 aromatic rings. The third kappa shape index (κ3) is 2.97. The molecule has 3 heteroatoms. The summed E-state index contributed by atoms with van der Waals surface area (Å²) >= 11 is 0. The molecule has 0 aliphatic carbocycles. The van der Waals surface area contributed by atoms with Crippen molar-refractivity contribution >= 4 is 16.6 Å². The maximum absolute atomic E-state index is 5.26. The summed E-state index contributed by atoms with van der Waals surface area (Å²) in [5.41, 5.74) is 2.52. The van der Waals surface area contributed by atoms with Gasteiger partial charge in [-0.25, -0.2) is 4.98 Å². The molecule has 0 atom stereocenters. The number of methoxy groups -OCH3 is 1. The second-order valence-corrected chi connectivity index (χ2v) is 5.09. The molecule has 0 aliphatic heterocycles. The van der Waals surface area contributed by atoms with Gasteiger partial charge in [0.2, 0.25) is 0 Å². The zero-order valence-corrected chi connectivity index (χ0v) is 12.3. The van der Waals surface area contributed by atoms with Crippen LogP contribution in [0.25, 0.3) is 10.8 Å². The van der Waals surface area contributed by atoms with Crippen LogP contribution in [-0.2, 0) is 6.54 Å². The monoisotopic (exact) mass is 278 g/mol. The zero-order valence-electron chi connectivity index (χ0n) is 12.3. The van der Waals surface area contributed by atoms with Crippen molar-refractivity contribution in [2.45, 2.75) is 13.5 Å². The quantitative estimate of drug-likeness (QED) is 0.778. The molecular weight excluding hydrogens is 260 g/mol. The third-order valence-corrected chi connectivity index (χ3v) is 3.55. The van der Waals surface area contributed by atoms with E-state index in [1.165, 1.54) is 11.1 Å². The van der Waals surface area contributed by atoms with E-state index in [1.54, 1.807) is 7.11 Å². The van der Waals surface area contributed by atoms with Crippen LogP contribution in [0.2, 0.25) is 0 Å². The molecular formula is C18H18N2O. The first-order valence-electron chi connectivity index (χ1n) is 6.98. The molecule has 0 aliphatic rings. The number of nitrogens with one attached hydrogen (secondary N) is 1. The molecule has 3 nitrogen and oxygen atoms in total. The smallest absolute Gasteiger partial charge is 0.134 e. The fraction of sp³-hybridized carbons (Fsp3) is 0.167. The second-order valence-electron chi connectivity index (χ2n) is 5.09. The number of ether oxygens (including phenoxy) is 1. The van der Waals surface area contributed by atoms with E-state index in [-0.39, 0.29) is 0 Å². The lowest BCUT2D eigenvalue weighted by molar-refractivity contribution is 0.415. The Morgan fingerprint density at radius 2 is 1.86 bits per heavy atom. The molecule has 21 heavy (non-hydrogen) atoms. The fourth-order valence-corrected chi connectivity index (χ4v) is 2.32. The van der Waals surface area contributed by atoms with Crippen molar-refractivity contribution in [3.8, 4) is 5.75 Å². The van der Waals surface area contributed by atoms with Crippen LogP contribution in [-0.4, -0.2) is 12.1 Å². The van der Waals surface area contributed by atoms with Crippen LogP contribution in [0.5, 0.6) is 5.75 Å². The number of nitrogens with zero attached hydrogens (tertiary/aromatic N) is 1. The van der Waals surface area contributed by atoms with E-state index < -0.39 is 0 Å². The summed E-state index contributed by atoms with van der Waals surface area (Å²) in [7, 11) is 1.68. The number of aromatic nitrogens is 1. The highest BCUT2D eigenvalue weighted by Gasteiger charge is 2.03. The zero-order chi connectivity index (χ0) is 14.7. The minimum Gasteiger partial charge on any atom is -0.497 e. The highest BCUT2D eigenvalue weighted by Crippen LogP contribution is 2.25. The average molecular weight is 278 g/mol. The van der Waals surface area contributed by atoms with Crippen LogP contribution >= 0.6 is 0 Å². The molecule has 1 N–H and O–H groups in total. The summed E-state index contributed by atoms with van der Waals surface area (Å²) in [6.45, 7) is 2.86. The highest BCUT2D eigenvalue weighted by molar-refractivity contribution is 5.92. The van der Waals surface area contributed by atoms with Crippen LogP contribution in [0.1, 0.15) is 11.1 Å². The number of aryl methyl sites for hydroxylation is 1. The largest absolute Gasteiger partial charge is 0.497 e. The van der Waals surface area contributed by atoms with E-state index in [9.17, 15) is 0 Å². The number of benzene rings is 2. The van der Waals surface area contributed by atoms with Crippen LogP contribution in [0.15, 0.2) is 54.7 Å². The van der Waals surface area contributed by atoms with Crippen LogP contribution in [0.4, 0.5) is 5.82 Å². The van der Waals surface area contributed by atoms with Crippen molar-refractivity contribution in [3.63, 3.8) is 0 Å². The summed E-state index contributed by atoms with van der Waals surface area (Å²) < 4.78 is 5.26. The summed E-state index contributed by atoms with van der Waals surface area (Å²) in [5.74, 6) is 1.76. The number of pyridine rings is 1. The van der Waals surface area contributed by atoms with Crippen molar-refractivity contribution < 1.29 is 4.74 Å². The molecule has 3 rings (SSSR count). The first-order valence-corrected chi connectivity index (χ1v) is 6.98. The lowest BCUT2D eigenvalue weighted by Gasteiger charge is -2.10. The summed E-state index contributed by atoms with van der Waals surface area (Å²) in [4.78, 5) is 4.44. The molecule has 0 spiro atoms. The summed E-state index contributed by atoms with van der Waals surface area (Å²) in [5, 5.41) is 5.63. The minimum absolute atomic E-state index is 0.762. The molecule has 0 bridgehead atoms. The van der Waals surface area contributed by atoms with Crippen molar-refractivity contribution in [2.24, 2.45) is 0 Å². The van der Waals surface area contributed by atoms with E-state index >= 15 is 0 Å². The van der Waals surface area contributed by atoms with E-state index in [2.05, 4.69) is 41.5 Å². The van der Waals surface area contributed by atoms with E-state index in [0.717, 1.165) is 28.9 Å². The van der Waals surface area contributed by atoms with Crippen molar-refractivity contribution in [1.29, 1.82) is 0 Å². The van der Waals surface area contributed by atoms with Crippen LogP contribution in [0.3, 0.4) is 0 Å². The number of fused-ring (bicyclic) bond motifs is 1. The molecule has 0 saturated carbocycles. The number of rotatable bonds is 4. The molecule has 1 aromatic heterocycles. The summed E-state index contributed by atoms with van der Waals surface area (Å²) in [6.07, 6.45) is 1.82. The Kier molecular flexibility index (Phi) is 3.73. The molecule has 0 amide bonds. The predicted octanol–water partition coefficient (Wildman–Crippen LogP) is 4.16. The lowest BCUT2D eigenvalue weighted by atomic mass is 10.1. The molecule has 1 heterocycles. The van der Waals surface area contributed by atoms with Gasteiger partial charge in [0, 0.05) is 18.1 Å². The minimum atomic E-state index is 0.762. The van der Waals surface area contributed by atoms with Gasteiger partial charge in [0.25, 0.3) is 0 Å². The third-order valence-electron chi connectivity index (χ3n) is 3.55. The Hall–Kier alpha value is -2.55. The van der Waals surface area contributed by atoms with Gasteiger partial charge < -0.3 is 10.1 Å². The Morgan fingerprint density at radius 1 is 1.05 bits per heavy atom. The molecule has 0 fully saturated rings. The maximum atomic E-state index is 5.26. The summed E-state index contributed by atoms with van der Waals surface area (Å²) in [6, 6.07) is 16.5. The number of hydrogen-bond donors (Lipinski definition) is 1. The number of hydrogen-bond acceptors (Lipinski definition) is 3. The molecule has 106 valence electrons. The Balaban J connectivity index is 1.85. The van der Waals surface area contributed by atoms with Gasteiger partial charge >= 0.3 is 0 Å². The van der Waals surface area contributed by atoms with Gasteiger partial charge in [-0.15, -0.1) is 0 Å². The molecule has 2 aromatic carbocycles. The first kappa shape index (κ1) is 13.4. The van der Waals surface area contributed by atoms with Crippen molar-refractivity contribution in [2.75, 3.05) is 12.4 Å². The second kappa shape index (κ2) is 5.83. The van der Waals surface area contributed by atoms with Crippen LogP contribution in [0, 0.1) is 6.92 Å². The van der Waals surface area contributed by atoms with E-state index in [0.29, 0.717) is 0 Å². The van der Waals surface area contributed by atoms with Crippen LogP contribution < -0.4 is 10.1 Å². The predicted molar refractivity (Wildman–Crippen MR) is 86.8 cm³/mol. The average Bonchev–Trinajstić information content (AvgIpc) is 2.53. The van der Waals surface area contributed by atoms with E-state index in [4.69, 9.17) is 4.74 Å². The Morgan fingerprint density at radius 3 is 2.62 bits per heavy atom. The van der Waals surface area contributed by atoms with Gasteiger partial charge in [-0.2, -0.15) is 0 Å². The Bertz CT molecular complexity index is 751. The number of anilines is 1. The van der Waals surface area contributed by atoms with Crippen molar-refractivity contribution in [3.05, 3.63) is 65.9 Å². The van der Waals surface area contributed by atoms with Crippen molar-refractivity contribution in [1.82, 2.24) is 4.98 Å². The van der Waals surface area contributed by atoms with Gasteiger partial charge in [0.05, 0.1) is 7.11 Å². The maximum Gasteiger partial charge on any atom is 0.134 e. The van der Waals surface area contributed by atoms with E-state index in [1.807, 2.05) is 30.5 Å². The van der Waals surface area contributed by atoms with Gasteiger partial charge in [0.1, 0.15) is 11.6 Å². The van der Waals surface area contributed by atoms with Gasteiger partial charge in [-0.3, -0.25) is 0 Å². The van der Waals surface area contributed by atoms with Gasteiger partial charge in [-0.05, 0) is 42.1 Å². The first-order chi connectivity index (χ1) is 10.3. The SMILES string of the molecule is COc1ccc2c(NCc3ccc(C)cc3)nccc2c1. The molecule has 0 radical (unpaired) electrons. The standard InChI is InChI=1S/C18H18N2O/c1-13-3-5-14(6-4-13)12-20-18-17-8-7-16(21-2)11-15(17)9-10-19-18/h3-11H,12H2,1-2H3,(H,19,20). The molecule has 0 unspecified atom stereocenters. The highest BCUT2D eigenvalue weighted by atomic mass is 16.5. The van der Waals surface area contributed by atoms with Gasteiger partial charge in [0.15, 0.2) is 0 Å².